The molecule has 0 saturated carbocycles. The van der Waals surface area contributed by atoms with E-state index < -0.39 is 15.6 Å². The van der Waals surface area contributed by atoms with Gasteiger partial charge in [-0.05, 0) is 37.6 Å². The molecule has 1 amide bonds. The lowest BCUT2D eigenvalue weighted by Crippen LogP contribution is -2.46. The Bertz CT molecular complexity index is 1030. The SMILES string of the molecule is CN(C)S(=O)(=O)c1cccc(C(=O)N2C(=NCc3ccccc3)SCC2(C)C)c1. The standard InChI is InChI=1S/C21H25N3O3S2/c1-21(2)15-28-20(22-14-16-9-6-5-7-10-16)24(21)19(25)17-11-8-12-18(13-17)29(26,27)23(3)4/h5-13H,14-15H2,1-4H3. The molecular weight excluding hydrogens is 406 g/mol. The Hall–Kier alpha value is -2.16. The molecule has 2 aromatic carbocycles. The molecule has 0 aromatic heterocycles. The first-order valence-electron chi connectivity index (χ1n) is 9.21. The number of nitrogens with zero attached hydrogens (tertiary/aromatic N) is 3. The Balaban J connectivity index is 1.93. The summed E-state index contributed by atoms with van der Waals surface area (Å²) >= 11 is 1.54. The van der Waals surface area contributed by atoms with E-state index in [2.05, 4.69) is 4.99 Å². The number of hydrogen-bond acceptors (Lipinski definition) is 5. The molecule has 0 unspecified atom stereocenters. The van der Waals surface area contributed by atoms with E-state index in [9.17, 15) is 13.2 Å². The maximum atomic E-state index is 13.4. The monoisotopic (exact) mass is 431 g/mol. The van der Waals surface area contributed by atoms with Gasteiger partial charge in [0.2, 0.25) is 10.0 Å². The first kappa shape index (κ1) is 21.5. The highest BCUT2D eigenvalue weighted by molar-refractivity contribution is 8.14. The average Bonchev–Trinajstić information content (AvgIpc) is 3.00. The summed E-state index contributed by atoms with van der Waals surface area (Å²) in [7, 11) is -0.677. The fourth-order valence-electron chi connectivity index (χ4n) is 2.98. The predicted molar refractivity (Wildman–Crippen MR) is 118 cm³/mol. The van der Waals surface area contributed by atoms with Gasteiger partial charge >= 0.3 is 0 Å². The smallest absolute Gasteiger partial charge is 0.260 e. The molecule has 6 nitrogen and oxygen atoms in total. The van der Waals surface area contributed by atoms with E-state index in [1.165, 1.54) is 26.2 Å². The third kappa shape index (κ3) is 4.55. The number of rotatable bonds is 5. The number of hydrogen-bond donors (Lipinski definition) is 0. The van der Waals surface area contributed by atoms with Crippen molar-refractivity contribution in [2.75, 3.05) is 19.8 Å². The molecule has 0 radical (unpaired) electrons. The Morgan fingerprint density at radius 3 is 2.48 bits per heavy atom. The van der Waals surface area contributed by atoms with Crippen LogP contribution in [0.4, 0.5) is 0 Å². The summed E-state index contributed by atoms with van der Waals surface area (Å²) in [6, 6.07) is 16.0. The minimum atomic E-state index is -3.62. The summed E-state index contributed by atoms with van der Waals surface area (Å²) in [5.41, 5.74) is 0.973. The summed E-state index contributed by atoms with van der Waals surface area (Å²) in [5, 5.41) is 0.657. The Kier molecular flexibility index (Phi) is 6.16. The maximum Gasteiger partial charge on any atom is 0.260 e. The molecule has 1 heterocycles. The highest BCUT2D eigenvalue weighted by Crippen LogP contribution is 2.34. The second-order valence-electron chi connectivity index (χ2n) is 7.64. The van der Waals surface area contributed by atoms with Gasteiger partial charge in [0.25, 0.3) is 5.91 Å². The number of carbonyl (C=O) groups excluding carboxylic acids is 1. The van der Waals surface area contributed by atoms with E-state index in [1.807, 2.05) is 44.2 Å². The van der Waals surface area contributed by atoms with Crippen molar-refractivity contribution >= 4 is 32.9 Å². The van der Waals surface area contributed by atoms with Crippen LogP contribution >= 0.6 is 11.8 Å². The largest absolute Gasteiger partial charge is 0.281 e. The lowest BCUT2D eigenvalue weighted by molar-refractivity contribution is 0.0766. The summed E-state index contributed by atoms with van der Waals surface area (Å²) in [4.78, 5) is 19.8. The lowest BCUT2D eigenvalue weighted by Gasteiger charge is -2.30. The molecule has 0 N–H and O–H groups in total. The number of benzene rings is 2. The second-order valence-corrected chi connectivity index (χ2v) is 10.7. The zero-order chi connectivity index (χ0) is 21.2. The summed E-state index contributed by atoms with van der Waals surface area (Å²) in [5.74, 6) is 0.477. The van der Waals surface area contributed by atoms with Gasteiger partial charge in [-0.3, -0.25) is 14.7 Å². The number of aliphatic imine (C=N–C) groups is 1. The van der Waals surface area contributed by atoms with Crippen LogP contribution in [0.15, 0.2) is 64.5 Å². The number of carbonyl (C=O) groups is 1. The first-order chi connectivity index (χ1) is 13.6. The van der Waals surface area contributed by atoms with E-state index in [4.69, 9.17) is 0 Å². The molecule has 29 heavy (non-hydrogen) atoms. The number of sulfonamides is 1. The van der Waals surface area contributed by atoms with Crippen molar-refractivity contribution in [3.63, 3.8) is 0 Å². The van der Waals surface area contributed by atoms with Crippen LogP contribution in [0.25, 0.3) is 0 Å². The molecule has 1 saturated heterocycles. The van der Waals surface area contributed by atoms with Crippen LogP contribution in [-0.4, -0.2) is 54.1 Å². The quantitative estimate of drug-likeness (QED) is 0.727. The zero-order valence-corrected chi connectivity index (χ0v) is 18.6. The van der Waals surface area contributed by atoms with Crippen molar-refractivity contribution in [2.24, 2.45) is 4.99 Å². The average molecular weight is 432 g/mol. The number of amides is 1. The molecule has 1 aliphatic heterocycles. The van der Waals surface area contributed by atoms with Gasteiger partial charge in [-0.1, -0.05) is 48.2 Å². The molecule has 0 aliphatic carbocycles. The van der Waals surface area contributed by atoms with Crippen molar-refractivity contribution in [2.45, 2.75) is 30.8 Å². The van der Waals surface area contributed by atoms with Gasteiger partial charge in [0, 0.05) is 25.4 Å². The van der Waals surface area contributed by atoms with Crippen molar-refractivity contribution in [3.05, 3.63) is 65.7 Å². The number of thioether (sulfide) groups is 1. The van der Waals surface area contributed by atoms with Crippen LogP contribution in [-0.2, 0) is 16.6 Å². The fourth-order valence-corrected chi connectivity index (χ4v) is 5.15. The third-order valence-corrected chi connectivity index (χ3v) is 7.89. The Labute approximate surface area is 176 Å². The molecule has 154 valence electrons. The van der Waals surface area contributed by atoms with Crippen molar-refractivity contribution in [1.29, 1.82) is 0 Å². The van der Waals surface area contributed by atoms with Gasteiger partial charge in [-0.25, -0.2) is 12.7 Å². The molecule has 1 aliphatic rings. The van der Waals surface area contributed by atoms with E-state index in [0.717, 1.165) is 15.6 Å². The van der Waals surface area contributed by atoms with Crippen LogP contribution in [0, 0.1) is 0 Å². The minimum absolute atomic E-state index is 0.0979. The zero-order valence-electron chi connectivity index (χ0n) is 17.0. The van der Waals surface area contributed by atoms with Crippen molar-refractivity contribution in [1.82, 2.24) is 9.21 Å². The van der Waals surface area contributed by atoms with Crippen LogP contribution in [0.3, 0.4) is 0 Å². The van der Waals surface area contributed by atoms with Crippen LogP contribution in [0.1, 0.15) is 29.8 Å². The maximum absolute atomic E-state index is 13.4. The van der Waals surface area contributed by atoms with Gasteiger partial charge in [0.1, 0.15) is 0 Å². The van der Waals surface area contributed by atoms with E-state index in [1.54, 1.807) is 28.8 Å². The molecule has 8 heteroatoms. The van der Waals surface area contributed by atoms with E-state index in [-0.39, 0.29) is 10.8 Å². The lowest BCUT2D eigenvalue weighted by atomic mass is 10.0. The normalized spacial score (nSPS) is 17.8. The van der Waals surface area contributed by atoms with Gasteiger partial charge in [0.05, 0.1) is 17.0 Å². The van der Waals surface area contributed by atoms with Gasteiger partial charge in [-0.15, -0.1) is 0 Å². The molecule has 2 aromatic rings. The molecule has 0 bridgehead atoms. The van der Waals surface area contributed by atoms with Crippen molar-refractivity contribution < 1.29 is 13.2 Å². The van der Waals surface area contributed by atoms with E-state index >= 15 is 0 Å². The van der Waals surface area contributed by atoms with Gasteiger partial charge in [0.15, 0.2) is 5.17 Å². The summed E-state index contributed by atoms with van der Waals surface area (Å²) in [6.45, 7) is 4.46. The van der Waals surface area contributed by atoms with Gasteiger partial charge in [-0.2, -0.15) is 0 Å². The number of amidine groups is 1. The molecule has 0 spiro atoms. The molecule has 1 fully saturated rings. The highest BCUT2D eigenvalue weighted by atomic mass is 32.2. The molecule has 0 atom stereocenters. The third-order valence-electron chi connectivity index (χ3n) is 4.65. The van der Waals surface area contributed by atoms with Crippen molar-refractivity contribution in [3.8, 4) is 0 Å². The summed E-state index contributed by atoms with van der Waals surface area (Å²) < 4.78 is 26.0. The minimum Gasteiger partial charge on any atom is -0.281 e. The highest BCUT2D eigenvalue weighted by Gasteiger charge is 2.41. The fraction of sp³-hybridized carbons (Fsp3) is 0.333. The van der Waals surface area contributed by atoms with Crippen LogP contribution in [0.2, 0.25) is 0 Å². The van der Waals surface area contributed by atoms with Gasteiger partial charge < -0.3 is 0 Å². The van der Waals surface area contributed by atoms with Crippen LogP contribution < -0.4 is 0 Å². The molecule has 3 rings (SSSR count). The van der Waals surface area contributed by atoms with E-state index in [0.29, 0.717) is 17.3 Å². The van der Waals surface area contributed by atoms with Crippen LogP contribution in [0.5, 0.6) is 0 Å². The Morgan fingerprint density at radius 1 is 1.14 bits per heavy atom. The predicted octanol–water partition coefficient (Wildman–Crippen LogP) is 3.46. The molecular formula is C21H25N3O3S2. The Morgan fingerprint density at radius 2 is 1.83 bits per heavy atom. The topological polar surface area (TPSA) is 70.1 Å². The second kappa shape index (κ2) is 8.30. The summed E-state index contributed by atoms with van der Waals surface area (Å²) in [6.07, 6.45) is 0. The first-order valence-corrected chi connectivity index (χ1v) is 11.6.